The van der Waals surface area contributed by atoms with Gasteiger partial charge < -0.3 is 5.32 Å². The van der Waals surface area contributed by atoms with Crippen molar-refractivity contribution in [2.45, 2.75) is 24.2 Å². The molecule has 0 saturated heterocycles. The molecule has 0 spiro atoms. The Bertz CT molecular complexity index is 1110. The van der Waals surface area contributed by atoms with Crippen molar-refractivity contribution in [2.24, 2.45) is 0 Å². The zero-order valence-electron chi connectivity index (χ0n) is 15.3. The van der Waals surface area contributed by atoms with Gasteiger partial charge in [0, 0.05) is 11.9 Å². The fourth-order valence-electron chi connectivity index (χ4n) is 2.79. The number of hydrogen-bond donors (Lipinski definition) is 1. The summed E-state index contributed by atoms with van der Waals surface area (Å²) in [6.45, 7) is 2.57. The molecule has 0 aliphatic rings. The first-order valence-corrected chi connectivity index (χ1v) is 10.6. The minimum absolute atomic E-state index is 0.197. The largest absolute Gasteiger partial charge is 0.346 e. The number of nitrogens with one attached hydrogen (secondary N) is 1. The third-order valence-corrected chi connectivity index (χ3v) is 6.23. The van der Waals surface area contributed by atoms with E-state index in [1.54, 1.807) is 11.8 Å². The SMILES string of the molecule is Cc1cc(SCc2nnc(C(=O)NCc3ccccc3)s2)nc2ccccc12. The lowest BCUT2D eigenvalue weighted by atomic mass is 10.1. The van der Waals surface area contributed by atoms with Crippen molar-refractivity contribution in [1.82, 2.24) is 20.5 Å². The highest BCUT2D eigenvalue weighted by atomic mass is 32.2. The van der Waals surface area contributed by atoms with Crippen LogP contribution in [0.4, 0.5) is 0 Å². The molecule has 1 amide bonds. The molecule has 1 N–H and O–H groups in total. The first-order chi connectivity index (χ1) is 13.7. The second-order valence-electron chi connectivity index (χ2n) is 6.25. The summed E-state index contributed by atoms with van der Waals surface area (Å²) in [5.74, 6) is 0.436. The molecule has 5 nitrogen and oxygen atoms in total. The summed E-state index contributed by atoms with van der Waals surface area (Å²) in [6.07, 6.45) is 0. The lowest BCUT2D eigenvalue weighted by Crippen LogP contribution is -2.22. The van der Waals surface area contributed by atoms with E-state index >= 15 is 0 Å². The zero-order valence-corrected chi connectivity index (χ0v) is 16.9. The number of carbonyl (C=O) groups is 1. The average Bonchev–Trinajstić information content (AvgIpc) is 3.20. The van der Waals surface area contributed by atoms with Crippen molar-refractivity contribution in [3.05, 3.63) is 81.8 Å². The summed E-state index contributed by atoms with van der Waals surface area (Å²) in [4.78, 5) is 17.0. The molecule has 2 aromatic carbocycles. The van der Waals surface area contributed by atoms with Gasteiger partial charge in [0.15, 0.2) is 0 Å². The molecule has 4 aromatic rings. The summed E-state index contributed by atoms with van der Waals surface area (Å²) in [5.41, 5.74) is 3.24. The fourth-order valence-corrected chi connectivity index (χ4v) is 4.50. The number of aryl methyl sites for hydroxylation is 1. The van der Waals surface area contributed by atoms with Crippen LogP contribution in [0.25, 0.3) is 10.9 Å². The molecule has 0 unspecified atom stereocenters. The van der Waals surface area contributed by atoms with Crippen LogP contribution < -0.4 is 5.32 Å². The Hall–Kier alpha value is -2.77. The van der Waals surface area contributed by atoms with E-state index in [9.17, 15) is 4.79 Å². The minimum Gasteiger partial charge on any atom is -0.346 e. The van der Waals surface area contributed by atoms with Crippen molar-refractivity contribution in [3.8, 4) is 0 Å². The number of carbonyl (C=O) groups excluding carboxylic acids is 1. The molecule has 0 radical (unpaired) electrons. The molecule has 2 heterocycles. The lowest BCUT2D eigenvalue weighted by Gasteiger charge is -2.05. The Morgan fingerprint density at radius 3 is 2.71 bits per heavy atom. The van der Waals surface area contributed by atoms with Gasteiger partial charge in [0.25, 0.3) is 5.91 Å². The van der Waals surface area contributed by atoms with Crippen LogP contribution >= 0.6 is 23.1 Å². The summed E-state index contributed by atoms with van der Waals surface area (Å²) in [5, 5.41) is 14.4. The highest BCUT2D eigenvalue weighted by Crippen LogP contribution is 2.27. The number of nitrogens with zero attached hydrogens (tertiary/aromatic N) is 3. The fraction of sp³-hybridized carbons (Fsp3) is 0.143. The zero-order chi connectivity index (χ0) is 19.3. The third kappa shape index (κ3) is 4.37. The van der Waals surface area contributed by atoms with Crippen LogP contribution in [0, 0.1) is 6.92 Å². The molecule has 140 valence electrons. The lowest BCUT2D eigenvalue weighted by molar-refractivity contribution is 0.0950. The number of benzene rings is 2. The third-order valence-electron chi connectivity index (χ3n) is 4.20. The Morgan fingerprint density at radius 2 is 1.86 bits per heavy atom. The van der Waals surface area contributed by atoms with Crippen molar-refractivity contribution in [2.75, 3.05) is 0 Å². The van der Waals surface area contributed by atoms with Crippen molar-refractivity contribution >= 4 is 39.9 Å². The normalized spacial score (nSPS) is 10.9. The molecule has 0 aliphatic carbocycles. The van der Waals surface area contributed by atoms with Crippen molar-refractivity contribution < 1.29 is 4.79 Å². The van der Waals surface area contributed by atoms with Gasteiger partial charge in [0.2, 0.25) is 5.01 Å². The van der Waals surface area contributed by atoms with Gasteiger partial charge in [0.1, 0.15) is 5.01 Å². The van der Waals surface area contributed by atoms with Gasteiger partial charge in [-0.1, -0.05) is 71.6 Å². The summed E-state index contributed by atoms with van der Waals surface area (Å²) in [7, 11) is 0. The number of rotatable bonds is 6. The van der Waals surface area contributed by atoms with Gasteiger partial charge >= 0.3 is 0 Å². The van der Waals surface area contributed by atoms with E-state index in [2.05, 4.69) is 34.6 Å². The van der Waals surface area contributed by atoms with Gasteiger partial charge in [-0.25, -0.2) is 4.98 Å². The van der Waals surface area contributed by atoms with Crippen molar-refractivity contribution in [1.29, 1.82) is 0 Å². The number of hydrogen-bond acceptors (Lipinski definition) is 6. The Balaban J connectivity index is 1.37. The summed E-state index contributed by atoms with van der Waals surface area (Å²) in [6, 6.07) is 20.0. The second kappa shape index (κ2) is 8.50. The van der Waals surface area contributed by atoms with Crippen molar-refractivity contribution in [3.63, 3.8) is 0 Å². The molecule has 0 saturated carbocycles. The minimum atomic E-state index is -0.197. The molecule has 0 atom stereocenters. The van der Waals surface area contributed by atoms with Crippen LogP contribution in [0.15, 0.2) is 65.7 Å². The highest BCUT2D eigenvalue weighted by Gasteiger charge is 2.13. The van der Waals surface area contributed by atoms with E-state index in [1.165, 1.54) is 22.3 Å². The maximum atomic E-state index is 12.3. The van der Waals surface area contributed by atoms with E-state index in [1.807, 2.05) is 48.5 Å². The number of fused-ring (bicyclic) bond motifs is 1. The smallest absolute Gasteiger partial charge is 0.282 e. The molecule has 7 heteroatoms. The first kappa shape index (κ1) is 18.6. The highest BCUT2D eigenvalue weighted by molar-refractivity contribution is 7.98. The molecule has 0 aliphatic heterocycles. The molecule has 4 rings (SSSR count). The first-order valence-electron chi connectivity index (χ1n) is 8.83. The number of aromatic nitrogens is 3. The van der Waals surface area contributed by atoms with Gasteiger partial charge in [-0.2, -0.15) is 0 Å². The number of thioether (sulfide) groups is 1. The van der Waals surface area contributed by atoms with E-state index in [0.29, 0.717) is 17.3 Å². The van der Waals surface area contributed by atoms with Gasteiger partial charge in [-0.15, -0.1) is 10.2 Å². The van der Waals surface area contributed by atoms with Gasteiger partial charge in [-0.05, 0) is 30.2 Å². The Morgan fingerprint density at radius 1 is 1.07 bits per heavy atom. The predicted molar refractivity (Wildman–Crippen MR) is 114 cm³/mol. The Kier molecular flexibility index (Phi) is 5.64. The molecule has 0 fully saturated rings. The molecule has 28 heavy (non-hydrogen) atoms. The number of pyridine rings is 1. The number of amides is 1. The Labute approximate surface area is 171 Å². The average molecular weight is 407 g/mol. The van der Waals surface area contributed by atoms with E-state index in [-0.39, 0.29) is 5.91 Å². The van der Waals surface area contributed by atoms with Crippen LogP contribution in [0.1, 0.15) is 25.9 Å². The predicted octanol–water partition coefficient (Wildman–Crippen LogP) is 4.62. The van der Waals surface area contributed by atoms with Crippen LogP contribution in [-0.4, -0.2) is 21.1 Å². The summed E-state index contributed by atoms with van der Waals surface area (Å²) < 4.78 is 0. The van der Waals surface area contributed by atoms with E-state index in [4.69, 9.17) is 4.98 Å². The van der Waals surface area contributed by atoms with Crippen LogP contribution in [0.2, 0.25) is 0 Å². The molecule has 0 bridgehead atoms. The second-order valence-corrected chi connectivity index (χ2v) is 8.31. The maximum Gasteiger partial charge on any atom is 0.282 e. The number of para-hydroxylation sites is 1. The van der Waals surface area contributed by atoms with Crippen LogP contribution in [0.5, 0.6) is 0 Å². The van der Waals surface area contributed by atoms with Gasteiger partial charge in [-0.3, -0.25) is 4.79 Å². The van der Waals surface area contributed by atoms with E-state index < -0.39 is 0 Å². The quantitative estimate of drug-likeness (QED) is 0.473. The van der Waals surface area contributed by atoms with Gasteiger partial charge in [0.05, 0.1) is 16.3 Å². The molecule has 2 aromatic heterocycles. The standard InChI is InChI=1S/C21H18N4OS2/c1-14-11-18(23-17-10-6-5-9-16(14)17)27-13-19-24-25-21(28-19)20(26)22-12-15-7-3-2-4-8-15/h2-11H,12-13H2,1H3,(H,22,26). The van der Waals surface area contributed by atoms with E-state index in [0.717, 1.165) is 21.1 Å². The van der Waals surface area contributed by atoms with Crippen LogP contribution in [0.3, 0.4) is 0 Å². The molecular formula is C21H18N4OS2. The topological polar surface area (TPSA) is 67.8 Å². The van der Waals surface area contributed by atoms with Crippen LogP contribution in [-0.2, 0) is 12.3 Å². The molecular weight excluding hydrogens is 388 g/mol. The monoisotopic (exact) mass is 406 g/mol. The maximum absolute atomic E-state index is 12.3. The summed E-state index contributed by atoms with van der Waals surface area (Å²) >= 11 is 2.92.